The molecule has 0 aromatic heterocycles. The van der Waals surface area contributed by atoms with Gasteiger partial charge in [-0.15, -0.1) is 0 Å². The van der Waals surface area contributed by atoms with Gasteiger partial charge in [-0.3, -0.25) is 0 Å². The van der Waals surface area contributed by atoms with E-state index in [1.54, 1.807) is 55.6 Å². The molecule has 152 valence electrons. The highest BCUT2D eigenvalue weighted by atomic mass is 32.2. The topological polar surface area (TPSA) is 37.4 Å². The lowest BCUT2D eigenvalue weighted by Crippen LogP contribution is -2.32. The van der Waals surface area contributed by atoms with Gasteiger partial charge in [0.15, 0.2) is 0 Å². The molecular formula is C25H22FNO2S. The van der Waals surface area contributed by atoms with Gasteiger partial charge in [0.2, 0.25) is 10.0 Å². The molecule has 0 fully saturated rings. The number of hydrogen-bond acceptors (Lipinski definition) is 2. The van der Waals surface area contributed by atoms with Crippen molar-refractivity contribution in [2.45, 2.75) is 10.8 Å². The van der Waals surface area contributed by atoms with Gasteiger partial charge in [0.05, 0.1) is 4.90 Å². The Labute approximate surface area is 176 Å². The van der Waals surface area contributed by atoms with Crippen LogP contribution in [0.25, 0.3) is 10.8 Å². The Hall–Kier alpha value is -3.02. The van der Waals surface area contributed by atoms with E-state index < -0.39 is 15.9 Å². The third-order valence-corrected chi connectivity index (χ3v) is 7.21. The van der Waals surface area contributed by atoms with Crippen LogP contribution < -0.4 is 0 Å². The second-order valence-electron chi connectivity index (χ2n) is 7.24. The maximum atomic E-state index is 14.8. The highest BCUT2D eigenvalue weighted by Crippen LogP contribution is 2.33. The number of sulfonamides is 1. The van der Waals surface area contributed by atoms with Crippen LogP contribution in [0.15, 0.2) is 102 Å². The van der Waals surface area contributed by atoms with Crippen LogP contribution in [-0.4, -0.2) is 26.3 Å². The number of halogens is 1. The van der Waals surface area contributed by atoms with Crippen molar-refractivity contribution in [1.82, 2.24) is 4.31 Å². The summed E-state index contributed by atoms with van der Waals surface area (Å²) in [6.45, 7) is 0.117. The predicted molar refractivity (Wildman–Crippen MR) is 118 cm³/mol. The first-order valence-corrected chi connectivity index (χ1v) is 11.2. The first-order valence-electron chi connectivity index (χ1n) is 9.72. The molecule has 0 saturated carbocycles. The Morgan fingerprint density at radius 2 is 1.37 bits per heavy atom. The van der Waals surface area contributed by atoms with E-state index in [1.165, 1.54) is 10.4 Å². The zero-order valence-electron chi connectivity index (χ0n) is 16.6. The van der Waals surface area contributed by atoms with Gasteiger partial charge < -0.3 is 0 Å². The molecule has 0 bridgehead atoms. The number of fused-ring (bicyclic) bond motifs is 1. The standard InChI is InChI=1S/C25H22FNO2S/c1-27(30(28,29)20-12-3-2-4-13-20)18-24(23-15-7-8-17-25(23)26)22-16-9-11-19-10-5-6-14-21(19)22/h2-17,24H,18H2,1H3/t24-/m1/s1. The van der Waals surface area contributed by atoms with Crippen LogP contribution >= 0.6 is 0 Å². The van der Waals surface area contributed by atoms with Gasteiger partial charge in [0.25, 0.3) is 0 Å². The third-order valence-electron chi connectivity index (χ3n) is 5.37. The number of rotatable bonds is 6. The van der Waals surface area contributed by atoms with Crippen LogP contribution in [0, 0.1) is 5.82 Å². The van der Waals surface area contributed by atoms with Crippen molar-refractivity contribution in [2.24, 2.45) is 0 Å². The summed E-state index contributed by atoms with van der Waals surface area (Å²) in [5.74, 6) is -0.804. The van der Waals surface area contributed by atoms with Crippen molar-refractivity contribution < 1.29 is 12.8 Å². The lowest BCUT2D eigenvalue weighted by Gasteiger charge is -2.26. The molecule has 3 nitrogen and oxygen atoms in total. The summed E-state index contributed by atoms with van der Waals surface area (Å²) in [5, 5.41) is 2.02. The molecule has 0 aliphatic carbocycles. The average Bonchev–Trinajstić information content (AvgIpc) is 2.78. The fourth-order valence-electron chi connectivity index (χ4n) is 3.80. The Morgan fingerprint density at radius 3 is 2.13 bits per heavy atom. The van der Waals surface area contributed by atoms with E-state index in [0.717, 1.165) is 16.3 Å². The molecule has 0 amide bonds. The molecule has 0 heterocycles. The highest BCUT2D eigenvalue weighted by molar-refractivity contribution is 7.89. The average molecular weight is 420 g/mol. The zero-order valence-corrected chi connectivity index (χ0v) is 17.4. The maximum absolute atomic E-state index is 14.8. The van der Waals surface area contributed by atoms with E-state index in [9.17, 15) is 12.8 Å². The van der Waals surface area contributed by atoms with E-state index in [1.807, 2.05) is 42.5 Å². The normalized spacial score (nSPS) is 12.9. The van der Waals surface area contributed by atoms with Crippen molar-refractivity contribution in [3.8, 4) is 0 Å². The van der Waals surface area contributed by atoms with Crippen molar-refractivity contribution in [3.63, 3.8) is 0 Å². The minimum Gasteiger partial charge on any atom is -0.207 e. The summed E-state index contributed by atoms with van der Waals surface area (Å²) in [5.41, 5.74) is 1.37. The van der Waals surface area contributed by atoms with Gasteiger partial charge >= 0.3 is 0 Å². The molecule has 0 aliphatic heterocycles. The largest absolute Gasteiger partial charge is 0.242 e. The lowest BCUT2D eigenvalue weighted by molar-refractivity contribution is 0.449. The lowest BCUT2D eigenvalue weighted by atomic mass is 9.87. The van der Waals surface area contributed by atoms with E-state index in [-0.39, 0.29) is 17.3 Å². The Bertz CT molecular complexity index is 1270. The fourth-order valence-corrected chi connectivity index (χ4v) is 5.01. The maximum Gasteiger partial charge on any atom is 0.242 e. The molecule has 30 heavy (non-hydrogen) atoms. The first-order chi connectivity index (χ1) is 14.5. The number of likely N-dealkylation sites (N-methyl/N-ethyl adjacent to an activating group) is 1. The summed E-state index contributed by atoms with van der Waals surface area (Å²) < 4.78 is 42.4. The molecule has 0 unspecified atom stereocenters. The number of benzene rings is 4. The van der Waals surface area contributed by atoms with Gasteiger partial charge in [0, 0.05) is 19.5 Å². The molecule has 4 aromatic rings. The third kappa shape index (κ3) is 3.86. The van der Waals surface area contributed by atoms with Gasteiger partial charge in [-0.2, -0.15) is 4.31 Å². The Balaban J connectivity index is 1.82. The molecule has 0 spiro atoms. The van der Waals surface area contributed by atoms with E-state index >= 15 is 0 Å². The summed E-state index contributed by atoms with van der Waals surface area (Å²) in [4.78, 5) is 0.220. The van der Waals surface area contributed by atoms with Gasteiger partial charge in [0.1, 0.15) is 5.82 Å². The van der Waals surface area contributed by atoms with Crippen LogP contribution in [-0.2, 0) is 10.0 Å². The van der Waals surface area contributed by atoms with Crippen LogP contribution in [0.1, 0.15) is 17.0 Å². The summed E-state index contributed by atoms with van der Waals surface area (Å²) in [6, 6.07) is 28.6. The molecule has 1 atom stereocenters. The zero-order chi connectivity index (χ0) is 21.1. The molecule has 4 rings (SSSR count). The highest BCUT2D eigenvalue weighted by Gasteiger charge is 2.27. The van der Waals surface area contributed by atoms with Crippen molar-refractivity contribution in [2.75, 3.05) is 13.6 Å². The van der Waals surface area contributed by atoms with E-state index in [2.05, 4.69) is 0 Å². The Kier molecular flexibility index (Phi) is 5.66. The second-order valence-corrected chi connectivity index (χ2v) is 9.29. The minimum absolute atomic E-state index is 0.117. The van der Waals surface area contributed by atoms with Gasteiger partial charge in [-0.1, -0.05) is 78.9 Å². The number of nitrogens with zero attached hydrogens (tertiary/aromatic N) is 1. The summed E-state index contributed by atoms with van der Waals surface area (Å²) >= 11 is 0. The van der Waals surface area contributed by atoms with Crippen molar-refractivity contribution in [3.05, 3.63) is 114 Å². The quantitative estimate of drug-likeness (QED) is 0.418. The van der Waals surface area contributed by atoms with Crippen LogP contribution in [0.5, 0.6) is 0 Å². The van der Waals surface area contributed by atoms with Crippen molar-refractivity contribution in [1.29, 1.82) is 0 Å². The molecule has 0 N–H and O–H groups in total. The summed E-state index contributed by atoms with van der Waals surface area (Å²) in [6.07, 6.45) is 0. The second kappa shape index (κ2) is 8.38. The van der Waals surface area contributed by atoms with E-state index in [4.69, 9.17) is 0 Å². The van der Waals surface area contributed by atoms with Crippen molar-refractivity contribution >= 4 is 20.8 Å². The fraction of sp³-hybridized carbons (Fsp3) is 0.120. The van der Waals surface area contributed by atoms with Gasteiger partial charge in [-0.05, 0) is 40.1 Å². The van der Waals surface area contributed by atoms with E-state index in [0.29, 0.717) is 5.56 Å². The Morgan fingerprint density at radius 1 is 0.767 bits per heavy atom. The molecule has 0 radical (unpaired) electrons. The molecule has 0 aliphatic rings. The van der Waals surface area contributed by atoms with Crippen LogP contribution in [0.2, 0.25) is 0 Å². The molecule has 4 aromatic carbocycles. The van der Waals surface area contributed by atoms with Crippen LogP contribution in [0.3, 0.4) is 0 Å². The predicted octanol–water partition coefficient (Wildman–Crippen LogP) is 5.43. The monoisotopic (exact) mass is 419 g/mol. The van der Waals surface area contributed by atoms with Gasteiger partial charge in [-0.25, -0.2) is 12.8 Å². The SMILES string of the molecule is CN(C[C@@H](c1ccccc1F)c1cccc2ccccc12)S(=O)(=O)c1ccccc1. The molecule has 5 heteroatoms. The molecule has 0 saturated heterocycles. The smallest absolute Gasteiger partial charge is 0.207 e. The minimum atomic E-state index is -3.71. The van der Waals surface area contributed by atoms with Crippen LogP contribution in [0.4, 0.5) is 4.39 Å². The first kappa shape index (κ1) is 20.3. The molecular weight excluding hydrogens is 397 g/mol. The number of hydrogen-bond donors (Lipinski definition) is 0. The summed E-state index contributed by atoms with van der Waals surface area (Å²) in [7, 11) is -2.16.